The molecule has 1 heterocycles. The lowest BCUT2D eigenvalue weighted by Gasteiger charge is -2.33. The van der Waals surface area contributed by atoms with E-state index in [-0.39, 0.29) is 18.6 Å². The Balaban J connectivity index is 2.10. The quantitative estimate of drug-likeness (QED) is 0.870. The summed E-state index contributed by atoms with van der Waals surface area (Å²) < 4.78 is 5.23. The third kappa shape index (κ3) is 3.52. The fourth-order valence-electron chi connectivity index (χ4n) is 2.00. The van der Waals surface area contributed by atoms with Gasteiger partial charge in [0, 0.05) is 12.6 Å². The van der Waals surface area contributed by atoms with Gasteiger partial charge in [-0.1, -0.05) is 35.3 Å². The summed E-state index contributed by atoms with van der Waals surface area (Å²) in [5.41, 5.74) is 0.682. The SMILES string of the molecule is O=C(/C=C/c1cccc(Cl)c1Cl)N1CCOCC1CO. The number of ether oxygens (including phenoxy) is 1. The second-order valence-corrected chi connectivity index (χ2v) is 5.20. The van der Waals surface area contributed by atoms with Gasteiger partial charge in [-0.05, 0) is 17.7 Å². The Morgan fingerprint density at radius 1 is 1.50 bits per heavy atom. The molecule has 1 atom stereocenters. The molecule has 0 saturated carbocycles. The summed E-state index contributed by atoms with van der Waals surface area (Å²) in [6.45, 7) is 1.19. The molecule has 0 aliphatic carbocycles. The van der Waals surface area contributed by atoms with Gasteiger partial charge in [0.1, 0.15) is 0 Å². The number of nitrogens with zero attached hydrogens (tertiary/aromatic N) is 1. The van der Waals surface area contributed by atoms with Crippen LogP contribution in [-0.2, 0) is 9.53 Å². The predicted octanol–water partition coefficient (Wildman–Crippen LogP) is 2.23. The number of hydrogen-bond donors (Lipinski definition) is 1. The Kier molecular flexibility index (Phi) is 5.43. The lowest BCUT2D eigenvalue weighted by atomic mass is 10.2. The van der Waals surface area contributed by atoms with E-state index in [1.54, 1.807) is 29.2 Å². The fraction of sp³-hybridized carbons (Fsp3) is 0.357. The molecule has 1 N–H and O–H groups in total. The molecule has 1 aromatic carbocycles. The number of rotatable bonds is 3. The number of benzene rings is 1. The number of carbonyl (C=O) groups excluding carboxylic acids is 1. The molecule has 1 fully saturated rings. The number of aliphatic hydroxyl groups is 1. The first kappa shape index (κ1) is 15.3. The van der Waals surface area contributed by atoms with Crippen LogP contribution in [0.15, 0.2) is 24.3 Å². The second-order valence-electron chi connectivity index (χ2n) is 4.42. The van der Waals surface area contributed by atoms with E-state index < -0.39 is 0 Å². The van der Waals surface area contributed by atoms with Gasteiger partial charge in [0.15, 0.2) is 0 Å². The molecule has 4 nitrogen and oxygen atoms in total. The first-order chi connectivity index (χ1) is 9.63. The first-order valence-electron chi connectivity index (χ1n) is 6.24. The van der Waals surface area contributed by atoms with Crippen molar-refractivity contribution in [3.8, 4) is 0 Å². The van der Waals surface area contributed by atoms with Crippen molar-refractivity contribution in [2.75, 3.05) is 26.4 Å². The molecule has 0 bridgehead atoms. The average molecular weight is 316 g/mol. The summed E-state index contributed by atoms with van der Waals surface area (Å²) in [7, 11) is 0. The molecule has 0 aromatic heterocycles. The van der Waals surface area contributed by atoms with Gasteiger partial charge >= 0.3 is 0 Å². The van der Waals surface area contributed by atoms with Crippen molar-refractivity contribution in [1.29, 1.82) is 0 Å². The summed E-state index contributed by atoms with van der Waals surface area (Å²) in [4.78, 5) is 13.7. The Hall–Kier alpha value is -1.07. The zero-order chi connectivity index (χ0) is 14.5. The maximum atomic E-state index is 12.1. The molecule has 0 radical (unpaired) electrons. The maximum Gasteiger partial charge on any atom is 0.247 e. The van der Waals surface area contributed by atoms with Gasteiger partial charge in [0.25, 0.3) is 0 Å². The van der Waals surface area contributed by atoms with Crippen LogP contribution < -0.4 is 0 Å². The molecule has 108 valence electrons. The predicted molar refractivity (Wildman–Crippen MR) is 78.9 cm³/mol. The van der Waals surface area contributed by atoms with Gasteiger partial charge in [0.05, 0.1) is 35.9 Å². The molecule has 1 aliphatic heterocycles. The van der Waals surface area contributed by atoms with E-state index >= 15 is 0 Å². The van der Waals surface area contributed by atoms with Gasteiger partial charge in [-0.2, -0.15) is 0 Å². The van der Waals surface area contributed by atoms with Crippen LogP contribution in [0.3, 0.4) is 0 Å². The molecule has 1 aromatic rings. The van der Waals surface area contributed by atoms with Crippen LogP contribution in [0, 0.1) is 0 Å². The highest BCUT2D eigenvalue weighted by Crippen LogP contribution is 2.26. The Labute approximate surface area is 127 Å². The van der Waals surface area contributed by atoms with Crippen molar-refractivity contribution in [2.45, 2.75) is 6.04 Å². The molecule has 0 spiro atoms. The molecule has 2 rings (SSSR count). The third-order valence-electron chi connectivity index (χ3n) is 3.11. The normalized spacial score (nSPS) is 19.6. The molecule has 20 heavy (non-hydrogen) atoms. The second kappa shape index (κ2) is 7.09. The molecule has 1 aliphatic rings. The van der Waals surface area contributed by atoms with Gasteiger partial charge in [0.2, 0.25) is 5.91 Å². The van der Waals surface area contributed by atoms with Crippen molar-refractivity contribution in [3.05, 3.63) is 39.9 Å². The molecule has 1 unspecified atom stereocenters. The lowest BCUT2D eigenvalue weighted by molar-refractivity contribution is -0.136. The van der Waals surface area contributed by atoms with Crippen molar-refractivity contribution < 1.29 is 14.6 Å². The Bertz CT molecular complexity index is 519. The van der Waals surface area contributed by atoms with Crippen LogP contribution in [0.4, 0.5) is 0 Å². The largest absolute Gasteiger partial charge is 0.394 e. The molecular weight excluding hydrogens is 301 g/mol. The smallest absolute Gasteiger partial charge is 0.247 e. The third-order valence-corrected chi connectivity index (χ3v) is 3.94. The van der Waals surface area contributed by atoms with Gasteiger partial charge in [-0.25, -0.2) is 0 Å². The van der Waals surface area contributed by atoms with Crippen LogP contribution >= 0.6 is 23.2 Å². The van der Waals surface area contributed by atoms with Crippen LogP contribution in [0.25, 0.3) is 6.08 Å². The van der Waals surface area contributed by atoms with Gasteiger partial charge in [-0.3, -0.25) is 4.79 Å². The van der Waals surface area contributed by atoms with E-state index in [0.717, 1.165) is 0 Å². The van der Waals surface area contributed by atoms with Crippen LogP contribution in [0.2, 0.25) is 10.0 Å². The summed E-state index contributed by atoms with van der Waals surface area (Å²) in [5, 5.41) is 10.1. The van der Waals surface area contributed by atoms with Crippen LogP contribution in [-0.4, -0.2) is 48.3 Å². The fourth-order valence-corrected chi connectivity index (χ4v) is 2.37. The van der Waals surface area contributed by atoms with Crippen molar-refractivity contribution in [1.82, 2.24) is 4.90 Å². The minimum atomic E-state index is -0.296. The molecule has 1 saturated heterocycles. The standard InChI is InChI=1S/C14H15Cl2NO3/c15-12-3-1-2-10(14(12)16)4-5-13(19)17-6-7-20-9-11(17)8-18/h1-5,11,18H,6-9H2/b5-4+. The van der Waals surface area contributed by atoms with E-state index in [4.69, 9.17) is 27.9 Å². The van der Waals surface area contributed by atoms with Crippen molar-refractivity contribution in [2.24, 2.45) is 0 Å². The molecule has 1 amide bonds. The highest BCUT2D eigenvalue weighted by molar-refractivity contribution is 6.42. The van der Waals surface area contributed by atoms with Crippen molar-refractivity contribution >= 4 is 35.2 Å². The Morgan fingerprint density at radius 3 is 3.05 bits per heavy atom. The van der Waals surface area contributed by atoms with E-state index in [1.807, 2.05) is 0 Å². The monoisotopic (exact) mass is 315 g/mol. The molecular formula is C14H15Cl2NO3. The maximum absolute atomic E-state index is 12.1. The average Bonchev–Trinajstić information content (AvgIpc) is 2.48. The summed E-state index contributed by atoms with van der Waals surface area (Å²) >= 11 is 12.0. The highest BCUT2D eigenvalue weighted by Gasteiger charge is 2.25. The van der Waals surface area contributed by atoms with E-state index in [0.29, 0.717) is 35.4 Å². The topological polar surface area (TPSA) is 49.8 Å². The first-order valence-corrected chi connectivity index (χ1v) is 7.00. The minimum absolute atomic E-state index is 0.114. The summed E-state index contributed by atoms with van der Waals surface area (Å²) in [6.07, 6.45) is 3.06. The van der Waals surface area contributed by atoms with Crippen LogP contribution in [0.1, 0.15) is 5.56 Å². The van der Waals surface area contributed by atoms with Gasteiger partial charge in [-0.15, -0.1) is 0 Å². The highest BCUT2D eigenvalue weighted by atomic mass is 35.5. The minimum Gasteiger partial charge on any atom is -0.394 e. The lowest BCUT2D eigenvalue weighted by Crippen LogP contribution is -2.49. The summed E-state index contributed by atoms with van der Waals surface area (Å²) in [5.74, 6) is -0.177. The molecule has 6 heteroatoms. The number of hydrogen-bond acceptors (Lipinski definition) is 3. The zero-order valence-electron chi connectivity index (χ0n) is 10.8. The van der Waals surface area contributed by atoms with Gasteiger partial charge < -0.3 is 14.7 Å². The summed E-state index contributed by atoms with van der Waals surface area (Å²) in [6, 6.07) is 4.94. The van der Waals surface area contributed by atoms with E-state index in [9.17, 15) is 9.90 Å². The number of halogens is 2. The number of carbonyl (C=O) groups is 1. The number of aliphatic hydroxyl groups excluding tert-OH is 1. The van der Waals surface area contributed by atoms with E-state index in [1.165, 1.54) is 6.08 Å². The van der Waals surface area contributed by atoms with Crippen LogP contribution in [0.5, 0.6) is 0 Å². The Morgan fingerprint density at radius 2 is 2.30 bits per heavy atom. The number of morpholine rings is 1. The number of amides is 1. The van der Waals surface area contributed by atoms with Crippen molar-refractivity contribution in [3.63, 3.8) is 0 Å². The van der Waals surface area contributed by atoms with E-state index in [2.05, 4.69) is 0 Å². The zero-order valence-corrected chi connectivity index (χ0v) is 12.3.